The van der Waals surface area contributed by atoms with Crippen LogP contribution in [-0.4, -0.2) is 20.7 Å². The van der Waals surface area contributed by atoms with Gasteiger partial charge in [-0.05, 0) is 49.1 Å². The van der Waals surface area contributed by atoms with Gasteiger partial charge in [0.05, 0.1) is 21.8 Å². The molecule has 0 unspecified atom stereocenters. The Bertz CT molecular complexity index is 1030. The smallest absolute Gasteiger partial charge is 0.266 e. The van der Waals surface area contributed by atoms with Gasteiger partial charge in [0.2, 0.25) is 5.91 Å². The van der Waals surface area contributed by atoms with Gasteiger partial charge in [0, 0.05) is 0 Å². The van der Waals surface area contributed by atoms with Crippen LogP contribution >= 0.6 is 11.8 Å². The lowest BCUT2D eigenvalue weighted by molar-refractivity contribution is -0.117. The average molecular weight is 382 g/mol. The Morgan fingerprint density at radius 3 is 2.44 bits per heavy atom. The van der Waals surface area contributed by atoms with Crippen LogP contribution in [0.2, 0.25) is 0 Å². The molecule has 0 radical (unpaired) electrons. The largest absolute Gasteiger partial charge is 0.369 e. The van der Waals surface area contributed by atoms with E-state index in [-0.39, 0.29) is 5.56 Å². The molecule has 2 atom stereocenters. The van der Waals surface area contributed by atoms with Gasteiger partial charge in [0.1, 0.15) is 0 Å². The molecule has 6 heteroatoms. The Morgan fingerprint density at radius 2 is 1.81 bits per heavy atom. The first-order valence-corrected chi connectivity index (χ1v) is 9.88. The van der Waals surface area contributed by atoms with Crippen LogP contribution in [0.25, 0.3) is 16.6 Å². The highest BCUT2D eigenvalue weighted by molar-refractivity contribution is 8.00. The summed E-state index contributed by atoms with van der Waals surface area (Å²) >= 11 is 1.19. The molecule has 0 saturated heterocycles. The fourth-order valence-electron chi connectivity index (χ4n) is 2.82. The van der Waals surface area contributed by atoms with Gasteiger partial charge >= 0.3 is 0 Å². The summed E-state index contributed by atoms with van der Waals surface area (Å²) in [5.41, 5.74) is 7.82. The maximum atomic E-state index is 13.2. The second-order valence-electron chi connectivity index (χ2n) is 6.62. The molecular weight excluding hydrogens is 358 g/mol. The Morgan fingerprint density at radius 1 is 1.15 bits per heavy atom. The molecule has 0 aliphatic rings. The number of nitrogens with two attached hydrogens (primary N) is 1. The van der Waals surface area contributed by atoms with Crippen LogP contribution in [0.4, 0.5) is 0 Å². The SMILES string of the molecule is CC[C@@H](C)c1ccc(-n2c(S[C@H](C)C(N)=O)nc3ccccc3c2=O)cc1. The lowest BCUT2D eigenvalue weighted by Gasteiger charge is -2.16. The predicted octanol–water partition coefficient (Wildman–Crippen LogP) is 3.87. The second kappa shape index (κ2) is 7.96. The Labute approximate surface area is 162 Å². The van der Waals surface area contributed by atoms with Gasteiger partial charge in [-0.15, -0.1) is 0 Å². The third-order valence-electron chi connectivity index (χ3n) is 4.76. The van der Waals surface area contributed by atoms with E-state index in [1.807, 2.05) is 36.4 Å². The van der Waals surface area contributed by atoms with Crippen molar-refractivity contribution < 1.29 is 4.79 Å². The van der Waals surface area contributed by atoms with E-state index >= 15 is 0 Å². The third kappa shape index (κ3) is 3.90. The van der Waals surface area contributed by atoms with Crippen molar-refractivity contribution >= 4 is 28.6 Å². The first kappa shape index (κ1) is 19.2. The summed E-state index contributed by atoms with van der Waals surface area (Å²) < 4.78 is 1.56. The zero-order chi connectivity index (χ0) is 19.6. The molecule has 2 aromatic carbocycles. The van der Waals surface area contributed by atoms with Crippen molar-refractivity contribution in [2.24, 2.45) is 5.73 Å². The van der Waals surface area contributed by atoms with Crippen LogP contribution in [0.1, 0.15) is 38.7 Å². The van der Waals surface area contributed by atoms with Gasteiger partial charge in [0.15, 0.2) is 5.16 Å². The van der Waals surface area contributed by atoms with Crippen LogP contribution in [0, 0.1) is 0 Å². The molecule has 0 spiro atoms. The number of amides is 1. The van der Waals surface area contributed by atoms with Crippen LogP contribution in [-0.2, 0) is 4.79 Å². The number of thioether (sulfide) groups is 1. The molecule has 3 rings (SSSR count). The molecule has 1 heterocycles. The molecule has 140 valence electrons. The van der Waals surface area contributed by atoms with Gasteiger partial charge in [-0.3, -0.25) is 14.2 Å². The fraction of sp³-hybridized carbons (Fsp3) is 0.286. The minimum absolute atomic E-state index is 0.156. The number of hydrogen-bond acceptors (Lipinski definition) is 4. The van der Waals surface area contributed by atoms with Gasteiger partial charge in [0.25, 0.3) is 5.56 Å². The maximum Gasteiger partial charge on any atom is 0.266 e. The molecule has 0 fully saturated rings. The number of benzene rings is 2. The minimum atomic E-state index is -0.497. The number of aromatic nitrogens is 2. The molecule has 2 N–H and O–H groups in total. The second-order valence-corrected chi connectivity index (χ2v) is 7.92. The maximum absolute atomic E-state index is 13.2. The summed E-state index contributed by atoms with van der Waals surface area (Å²) in [6.45, 7) is 6.04. The number of fused-ring (bicyclic) bond motifs is 1. The quantitative estimate of drug-likeness (QED) is 0.519. The Balaban J connectivity index is 2.18. The van der Waals surface area contributed by atoms with Crippen LogP contribution in [0.15, 0.2) is 58.5 Å². The third-order valence-corrected chi connectivity index (χ3v) is 5.83. The predicted molar refractivity (Wildman–Crippen MR) is 111 cm³/mol. The van der Waals surface area contributed by atoms with Crippen molar-refractivity contribution in [3.05, 3.63) is 64.4 Å². The number of para-hydroxylation sites is 1. The summed E-state index contributed by atoms with van der Waals surface area (Å²) in [6.07, 6.45) is 1.05. The highest BCUT2D eigenvalue weighted by Crippen LogP contribution is 2.26. The Kier molecular flexibility index (Phi) is 5.65. The number of nitrogens with zero attached hydrogens (tertiary/aromatic N) is 2. The van der Waals surface area contributed by atoms with E-state index in [1.165, 1.54) is 17.3 Å². The molecule has 3 aromatic rings. The van der Waals surface area contributed by atoms with E-state index in [2.05, 4.69) is 18.8 Å². The normalized spacial score (nSPS) is 13.4. The molecule has 0 aliphatic carbocycles. The number of primary amides is 1. The molecule has 0 aliphatic heterocycles. The van der Waals surface area contributed by atoms with E-state index in [1.54, 1.807) is 23.6 Å². The van der Waals surface area contributed by atoms with Crippen molar-refractivity contribution in [1.29, 1.82) is 0 Å². The fourth-order valence-corrected chi connectivity index (χ4v) is 3.70. The zero-order valence-corrected chi connectivity index (χ0v) is 16.5. The zero-order valence-electron chi connectivity index (χ0n) is 15.7. The lowest BCUT2D eigenvalue weighted by Crippen LogP contribution is -2.26. The van der Waals surface area contributed by atoms with Crippen molar-refractivity contribution in [3.63, 3.8) is 0 Å². The molecule has 0 bridgehead atoms. The lowest BCUT2D eigenvalue weighted by atomic mass is 9.98. The molecule has 0 saturated carbocycles. The van der Waals surface area contributed by atoms with Crippen molar-refractivity contribution in [2.75, 3.05) is 0 Å². The van der Waals surface area contributed by atoms with Gasteiger partial charge in [-0.1, -0.05) is 49.9 Å². The summed E-state index contributed by atoms with van der Waals surface area (Å²) in [4.78, 5) is 29.3. The van der Waals surface area contributed by atoms with Gasteiger partial charge in [-0.25, -0.2) is 4.98 Å². The van der Waals surface area contributed by atoms with Crippen molar-refractivity contribution in [3.8, 4) is 5.69 Å². The summed E-state index contributed by atoms with van der Waals surface area (Å²) in [6, 6.07) is 15.2. The molecule has 1 amide bonds. The summed E-state index contributed by atoms with van der Waals surface area (Å²) in [5, 5.41) is 0.504. The summed E-state index contributed by atoms with van der Waals surface area (Å²) in [7, 11) is 0. The molecular formula is C21H23N3O2S. The molecule has 5 nitrogen and oxygen atoms in total. The van der Waals surface area contributed by atoms with E-state index in [4.69, 9.17) is 5.73 Å². The highest BCUT2D eigenvalue weighted by Gasteiger charge is 2.18. The number of carbonyl (C=O) groups excluding carboxylic acids is 1. The van der Waals surface area contributed by atoms with Crippen molar-refractivity contribution in [2.45, 2.75) is 43.5 Å². The number of hydrogen-bond donors (Lipinski definition) is 1. The van der Waals surface area contributed by atoms with Crippen LogP contribution in [0.3, 0.4) is 0 Å². The van der Waals surface area contributed by atoms with E-state index in [0.717, 1.165) is 12.1 Å². The van der Waals surface area contributed by atoms with E-state index in [9.17, 15) is 9.59 Å². The van der Waals surface area contributed by atoms with Gasteiger partial charge < -0.3 is 5.73 Å². The first-order chi connectivity index (χ1) is 12.9. The topological polar surface area (TPSA) is 78.0 Å². The monoisotopic (exact) mass is 381 g/mol. The highest BCUT2D eigenvalue weighted by atomic mass is 32.2. The number of carbonyl (C=O) groups is 1. The van der Waals surface area contributed by atoms with Gasteiger partial charge in [-0.2, -0.15) is 0 Å². The average Bonchev–Trinajstić information content (AvgIpc) is 2.68. The van der Waals surface area contributed by atoms with E-state index in [0.29, 0.717) is 22.0 Å². The van der Waals surface area contributed by atoms with Crippen LogP contribution < -0.4 is 11.3 Å². The van der Waals surface area contributed by atoms with Crippen LogP contribution in [0.5, 0.6) is 0 Å². The van der Waals surface area contributed by atoms with Crippen molar-refractivity contribution in [1.82, 2.24) is 9.55 Å². The Hall–Kier alpha value is -2.60. The minimum Gasteiger partial charge on any atom is -0.369 e. The number of rotatable bonds is 6. The molecule has 1 aromatic heterocycles. The first-order valence-electron chi connectivity index (χ1n) is 9.00. The molecule has 27 heavy (non-hydrogen) atoms. The summed E-state index contributed by atoms with van der Waals surface area (Å²) in [5.74, 6) is 0.00954. The van der Waals surface area contributed by atoms with E-state index < -0.39 is 11.2 Å². The standard InChI is InChI=1S/C21H23N3O2S/c1-4-13(2)15-9-11-16(12-10-15)24-20(26)17-7-5-6-8-18(17)23-21(24)27-14(3)19(22)25/h5-14H,4H2,1-3H3,(H2,22,25)/t13-,14-/m1/s1.